The SMILES string of the molecule is COc1ccc(Cc2nnc(SCc3nnc(-c4ccc(Br)cc4)o3)o2)cc1. The lowest BCUT2D eigenvalue weighted by atomic mass is 10.1. The molecule has 142 valence electrons. The van der Waals surface area contributed by atoms with Gasteiger partial charge < -0.3 is 13.6 Å². The van der Waals surface area contributed by atoms with Crippen LogP contribution in [0.1, 0.15) is 17.3 Å². The third-order valence-corrected chi connectivity index (χ3v) is 5.17. The largest absolute Gasteiger partial charge is 0.497 e. The number of rotatable bonds is 7. The standard InChI is InChI=1S/C19H15BrN4O3S/c1-25-15-8-2-12(3-9-15)10-16-21-24-19(27-16)28-11-17-22-23-18(26-17)13-4-6-14(20)7-5-13/h2-9H,10-11H2,1H3. The van der Waals surface area contributed by atoms with Crippen LogP contribution in [-0.4, -0.2) is 27.5 Å². The first-order valence-corrected chi connectivity index (χ1v) is 10.1. The Bertz CT molecular complexity index is 1050. The maximum atomic E-state index is 5.70. The first kappa shape index (κ1) is 18.7. The van der Waals surface area contributed by atoms with E-state index in [-0.39, 0.29) is 0 Å². The molecule has 0 fully saturated rings. The number of halogens is 1. The highest BCUT2D eigenvalue weighted by Gasteiger charge is 2.12. The highest BCUT2D eigenvalue weighted by Crippen LogP contribution is 2.25. The Balaban J connectivity index is 1.35. The Hall–Kier alpha value is -2.65. The molecule has 0 aliphatic heterocycles. The first-order chi connectivity index (χ1) is 13.7. The summed E-state index contributed by atoms with van der Waals surface area (Å²) in [5.74, 6) is 2.79. The summed E-state index contributed by atoms with van der Waals surface area (Å²) in [5, 5.41) is 16.8. The zero-order valence-corrected chi connectivity index (χ0v) is 17.2. The summed E-state index contributed by atoms with van der Waals surface area (Å²) in [6.07, 6.45) is 0.561. The second kappa shape index (κ2) is 8.57. The van der Waals surface area contributed by atoms with E-state index < -0.39 is 0 Å². The van der Waals surface area contributed by atoms with Gasteiger partial charge in [-0.05, 0) is 42.0 Å². The van der Waals surface area contributed by atoms with Crippen LogP contribution < -0.4 is 4.74 Å². The molecule has 7 nitrogen and oxygen atoms in total. The Morgan fingerprint density at radius 2 is 1.64 bits per heavy atom. The van der Waals surface area contributed by atoms with Crippen LogP contribution >= 0.6 is 27.7 Å². The van der Waals surface area contributed by atoms with Crippen molar-refractivity contribution in [3.63, 3.8) is 0 Å². The van der Waals surface area contributed by atoms with Crippen molar-refractivity contribution in [2.45, 2.75) is 17.4 Å². The van der Waals surface area contributed by atoms with E-state index in [1.165, 1.54) is 11.8 Å². The highest BCUT2D eigenvalue weighted by molar-refractivity contribution is 9.10. The highest BCUT2D eigenvalue weighted by atomic mass is 79.9. The quantitative estimate of drug-likeness (QED) is 0.365. The molecule has 0 unspecified atom stereocenters. The van der Waals surface area contributed by atoms with Gasteiger partial charge in [0.25, 0.3) is 5.22 Å². The van der Waals surface area contributed by atoms with Gasteiger partial charge in [0, 0.05) is 10.0 Å². The maximum Gasteiger partial charge on any atom is 0.277 e. The molecule has 9 heteroatoms. The Kier molecular flexibility index (Phi) is 5.73. The number of ether oxygens (including phenoxy) is 1. The van der Waals surface area contributed by atoms with Crippen molar-refractivity contribution in [3.05, 3.63) is 70.3 Å². The molecule has 0 saturated heterocycles. The van der Waals surface area contributed by atoms with Crippen molar-refractivity contribution >= 4 is 27.7 Å². The number of nitrogens with zero attached hydrogens (tertiary/aromatic N) is 4. The van der Waals surface area contributed by atoms with E-state index >= 15 is 0 Å². The fourth-order valence-electron chi connectivity index (χ4n) is 2.43. The number of aromatic nitrogens is 4. The van der Waals surface area contributed by atoms with Crippen LogP contribution in [0, 0.1) is 0 Å². The fraction of sp³-hybridized carbons (Fsp3) is 0.158. The molecule has 0 aliphatic rings. The Morgan fingerprint density at radius 3 is 2.39 bits per heavy atom. The van der Waals surface area contributed by atoms with E-state index in [1.807, 2.05) is 48.5 Å². The summed E-state index contributed by atoms with van der Waals surface area (Å²) in [4.78, 5) is 0. The number of thioether (sulfide) groups is 1. The third-order valence-electron chi connectivity index (χ3n) is 3.84. The average molecular weight is 459 g/mol. The molecule has 28 heavy (non-hydrogen) atoms. The van der Waals surface area contributed by atoms with Gasteiger partial charge >= 0.3 is 0 Å². The molecule has 0 radical (unpaired) electrons. The van der Waals surface area contributed by atoms with Gasteiger partial charge in [-0.2, -0.15) is 0 Å². The van der Waals surface area contributed by atoms with Crippen molar-refractivity contribution in [2.24, 2.45) is 0 Å². The van der Waals surface area contributed by atoms with Gasteiger partial charge in [0.15, 0.2) is 0 Å². The zero-order valence-electron chi connectivity index (χ0n) is 14.8. The van der Waals surface area contributed by atoms with Gasteiger partial charge in [0.1, 0.15) is 5.75 Å². The maximum absolute atomic E-state index is 5.70. The summed E-state index contributed by atoms with van der Waals surface area (Å²) < 4.78 is 17.5. The molecule has 0 aliphatic carbocycles. The minimum absolute atomic E-state index is 0.452. The predicted octanol–water partition coefficient (Wildman–Crippen LogP) is 4.77. The van der Waals surface area contributed by atoms with E-state index in [1.54, 1.807) is 7.11 Å². The molecule has 0 spiro atoms. The molecular weight excluding hydrogens is 444 g/mol. The number of hydrogen-bond acceptors (Lipinski definition) is 8. The molecule has 0 atom stereocenters. The first-order valence-electron chi connectivity index (χ1n) is 8.36. The summed E-state index contributed by atoms with van der Waals surface area (Å²) in [6.45, 7) is 0. The molecule has 0 N–H and O–H groups in total. The summed E-state index contributed by atoms with van der Waals surface area (Å²) in [7, 11) is 1.64. The second-order valence-corrected chi connectivity index (χ2v) is 7.63. The number of methoxy groups -OCH3 is 1. The smallest absolute Gasteiger partial charge is 0.277 e. The van der Waals surface area contributed by atoms with E-state index in [0.717, 1.165) is 21.3 Å². The monoisotopic (exact) mass is 458 g/mol. The minimum Gasteiger partial charge on any atom is -0.497 e. The third kappa shape index (κ3) is 4.60. The number of hydrogen-bond donors (Lipinski definition) is 0. The lowest BCUT2D eigenvalue weighted by Gasteiger charge is -2.00. The minimum atomic E-state index is 0.452. The normalized spacial score (nSPS) is 10.9. The van der Waals surface area contributed by atoms with E-state index in [4.69, 9.17) is 13.6 Å². The van der Waals surface area contributed by atoms with Crippen LogP contribution in [0.25, 0.3) is 11.5 Å². The lowest BCUT2D eigenvalue weighted by molar-refractivity contribution is 0.413. The van der Waals surface area contributed by atoms with Gasteiger partial charge in [0.2, 0.25) is 17.7 Å². The van der Waals surface area contributed by atoms with Crippen molar-refractivity contribution < 1.29 is 13.6 Å². The molecule has 0 bridgehead atoms. The molecule has 2 aromatic heterocycles. The molecule has 2 aromatic carbocycles. The zero-order chi connectivity index (χ0) is 19.3. The van der Waals surface area contributed by atoms with Crippen LogP contribution in [-0.2, 0) is 12.2 Å². The molecule has 0 amide bonds. The van der Waals surface area contributed by atoms with E-state index in [9.17, 15) is 0 Å². The summed E-state index contributed by atoms with van der Waals surface area (Å²) >= 11 is 4.76. The molecular formula is C19H15BrN4O3S. The summed E-state index contributed by atoms with van der Waals surface area (Å²) in [5.41, 5.74) is 1.93. The average Bonchev–Trinajstić information content (AvgIpc) is 3.37. The Labute approximate surface area is 173 Å². The van der Waals surface area contributed by atoms with Gasteiger partial charge in [-0.25, -0.2) is 0 Å². The topological polar surface area (TPSA) is 87.1 Å². The van der Waals surface area contributed by atoms with E-state index in [0.29, 0.717) is 35.1 Å². The number of benzene rings is 2. The van der Waals surface area contributed by atoms with Crippen molar-refractivity contribution in [2.75, 3.05) is 7.11 Å². The fourth-order valence-corrected chi connectivity index (χ4v) is 3.31. The van der Waals surface area contributed by atoms with Crippen LogP contribution in [0.15, 0.2) is 67.1 Å². The van der Waals surface area contributed by atoms with E-state index in [2.05, 4.69) is 36.3 Å². The van der Waals surface area contributed by atoms with Crippen LogP contribution in [0.5, 0.6) is 5.75 Å². The van der Waals surface area contributed by atoms with Crippen molar-refractivity contribution in [1.29, 1.82) is 0 Å². The molecule has 4 aromatic rings. The molecule has 2 heterocycles. The van der Waals surface area contributed by atoms with Crippen LogP contribution in [0.4, 0.5) is 0 Å². The Morgan fingerprint density at radius 1 is 0.893 bits per heavy atom. The molecule has 4 rings (SSSR count). The van der Waals surface area contributed by atoms with Crippen LogP contribution in [0.2, 0.25) is 0 Å². The second-order valence-electron chi connectivity index (χ2n) is 5.78. The van der Waals surface area contributed by atoms with Gasteiger partial charge in [-0.15, -0.1) is 20.4 Å². The van der Waals surface area contributed by atoms with Gasteiger partial charge in [0.05, 0.1) is 19.3 Å². The van der Waals surface area contributed by atoms with Crippen LogP contribution in [0.3, 0.4) is 0 Å². The van der Waals surface area contributed by atoms with Crippen molar-refractivity contribution in [1.82, 2.24) is 20.4 Å². The van der Waals surface area contributed by atoms with Gasteiger partial charge in [-0.3, -0.25) is 0 Å². The van der Waals surface area contributed by atoms with Crippen molar-refractivity contribution in [3.8, 4) is 17.2 Å². The van der Waals surface area contributed by atoms with Gasteiger partial charge in [-0.1, -0.05) is 39.8 Å². The lowest BCUT2D eigenvalue weighted by Crippen LogP contribution is -1.89. The molecule has 0 saturated carbocycles. The predicted molar refractivity (Wildman–Crippen MR) is 107 cm³/mol. The summed E-state index contributed by atoms with van der Waals surface area (Å²) in [6, 6.07) is 15.4.